The zero-order chi connectivity index (χ0) is 23.5. The van der Waals surface area contributed by atoms with Crippen LogP contribution in [-0.4, -0.2) is 26.6 Å². The van der Waals surface area contributed by atoms with Crippen molar-refractivity contribution in [2.75, 3.05) is 0 Å². The predicted octanol–water partition coefficient (Wildman–Crippen LogP) is 3.97. The van der Waals surface area contributed by atoms with Crippen molar-refractivity contribution in [1.82, 2.24) is 25.6 Å². The van der Waals surface area contributed by atoms with E-state index in [1.807, 2.05) is 19.1 Å². The lowest BCUT2D eigenvalue weighted by atomic mass is 10.1. The monoisotopic (exact) mass is 481 g/mol. The summed E-state index contributed by atoms with van der Waals surface area (Å²) >= 11 is 7.14. The van der Waals surface area contributed by atoms with Gasteiger partial charge < -0.3 is 0 Å². The fourth-order valence-corrected chi connectivity index (χ4v) is 4.41. The molecule has 8 nitrogen and oxygen atoms in total. The number of nitrogens with zero attached hydrogens (tertiary/aromatic N) is 3. The molecule has 0 spiro atoms. The van der Waals surface area contributed by atoms with E-state index in [2.05, 4.69) is 20.9 Å². The molecule has 2 aromatic carbocycles. The Bertz CT molecular complexity index is 1410. The molecule has 4 aromatic rings. The molecule has 0 bridgehead atoms. The molecule has 0 saturated heterocycles. The number of thiazole rings is 1. The summed E-state index contributed by atoms with van der Waals surface area (Å²) in [5.74, 6) is -1.12. The Kier molecular flexibility index (Phi) is 6.52. The van der Waals surface area contributed by atoms with Gasteiger partial charge in [-0.2, -0.15) is 5.10 Å². The van der Waals surface area contributed by atoms with Gasteiger partial charge in [-0.15, -0.1) is 11.3 Å². The van der Waals surface area contributed by atoms with Gasteiger partial charge in [0.05, 0.1) is 11.1 Å². The molecule has 0 aliphatic rings. The highest BCUT2D eigenvalue weighted by Crippen LogP contribution is 2.28. The number of hydrogen-bond acceptors (Lipinski definition) is 6. The average Bonchev–Trinajstić information content (AvgIpc) is 3.21. The molecular formula is C23H20ClN5O3S. The van der Waals surface area contributed by atoms with Crippen LogP contribution in [0.3, 0.4) is 0 Å². The van der Waals surface area contributed by atoms with Gasteiger partial charge in [-0.3, -0.25) is 25.2 Å². The van der Waals surface area contributed by atoms with Crippen molar-refractivity contribution in [3.8, 4) is 10.6 Å². The topological polar surface area (TPSA) is 106 Å². The highest BCUT2D eigenvalue weighted by atomic mass is 35.5. The fourth-order valence-electron chi connectivity index (χ4n) is 3.32. The Labute approximate surface area is 198 Å². The summed E-state index contributed by atoms with van der Waals surface area (Å²) in [6, 6.07) is 13.9. The molecule has 0 saturated carbocycles. The Morgan fingerprint density at radius 2 is 1.70 bits per heavy atom. The fraction of sp³-hybridized carbons (Fsp3) is 0.174. The lowest BCUT2D eigenvalue weighted by Gasteiger charge is -2.11. The molecule has 2 N–H and O–H groups in total. The van der Waals surface area contributed by atoms with Crippen LogP contribution in [0.5, 0.6) is 0 Å². The second-order valence-electron chi connectivity index (χ2n) is 7.27. The zero-order valence-electron chi connectivity index (χ0n) is 17.9. The molecule has 0 aliphatic heterocycles. The van der Waals surface area contributed by atoms with Crippen molar-refractivity contribution in [1.29, 1.82) is 0 Å². The molecule has 2 amide bonds. The number of hydrazine groups is 1. The molecule has 0 radical (unpaired) electrons. The normalized spacial score (nSPS) is 10.9. The molecule has 0 atom stereocenters. The van der Waals surface area contributed by atoms with Crippen LogP contribution in [-0.2, 0) is 6.54 Å². The number of hydrogen-bond donors (Lipinski definition) is 2. The molecule has 33 heavy (non-hydrogen) atoms. The number of aryl methyl sites for hydroxylation is 2. The number of halogens is 1. The van der Waals surface area contributed by atoms with E-state index in [0.717, 1.165) is 5.56 Å². The van der Waals surface area contributed by atoms with Crippen molar-refractivity contribution >= 4 is 45.5 Å². The number of carbonyl (C=O) groups excluding carboxylic acids is 2. The number of rotatable bonds is 5. The second kappa shape index (κ2) is 9.51. The number of fused-ring (bicyclic) bond motifs is 1. The Balaban J connectivity index is 1.56. The number of carbonyl (C=O) groups is 2. The van der Waals surface area contributed by atoms with Gasteiger partial charge in [0.2, 0.25) is 0 Å². The first-order valence-corrected chi connectivity index (χ1v) is 11.4. The van der Waals surface area contributed by atoms with Crippen LogP contribution in [0.25, 0.3) is 21.3 Å². The standard InChI is InChI=1S/C23H20ClN5O3S/c1-3-12-29-23(32)17-7-5-4-6-16(17)18(28-29)20(30)26-27-21(31)19-13(2)25-22(33-19)14-8-10-15(24)11-9-14/h4-11H,3,12H2,1-2H3,(H,26,30)(H,27,31). The average molecular weight is 482 g/mol. The Morgan fingerprint density at radius 1 is 1.03 bits per heavy atom. The highest BCUT2D eigenvalue weighted by molar-refractivity contribution is 7.17. The summed E-state index contributed by atoms with van der Waals surface area (Å²) < 4.78 is 1.27. The summed E-state index contributed by atoms with van der Waals surface area (Å²) in [6.45, 7) is 4.02. The van der Waals surface area contributed by atoms with E-state index in [9.17, 15) is 14.4 Å². The van der Waals surface area contributed by atoms with Crippen LogP contribution < -0.4 is 16.4 Å². The second-order valence-corrected chi connectivity index (χ2v) is 8.71. The summed E-state index contributed by atoms with van der Waals surface area (Å²) in [6.07, 6.45) is 0.684. The van der Waals surface area contributed by atoms with Crippen LogP contribution in [0.1, 0.15) is 39.2 Å². The molecule has 168 valence electrons. The summed E-state index contributed by atoms with van der Waals surface area (Å²) in [5.41, 5.74) is 6.01. The molecule has 2 heterocycles. The van der Waals surface area contributed by atoms with E-state index in [4.69, 9.17) is 11.6 Å². The largest absolute Gasteiger partial charge is 0.290 e. The van der Waals surface area contributed by atoms with Crippen molar-refractivity contribution in [2.24, 2.45) is 0 Å². The molecule has 0 fully saturated rings. The zero-order valence-corrected chi connectivity index (χ0v) is 19.5. The van der Waals surface area contributed by atoms with Crippen molar-refractivity contribution < 1.29 is 9.59 Å². The summed E-state index contributed by atoms with van der Waals surface area (Å²) in [5, 5.41) is 6.32. The van der Waals surface area contributed by atoms with Crippen LogP contribution in [0.4, 0.5) is 0 Å². The molecule has 0 aliphatic carbocycles. The number of benzene rings is 2. The van der Waals surface area contributed by atoms with Gasteiger partial charge in [0.1, 0.15) is 9.88 Å². The maximum Gasteiger partial charge on any atom is 0.290 e. The van der Waals surface area contributed by atoms with Crippen LogP contribution in [0.15, 0.2) is 53.3 Å². The maximum absolute atomic E-state index is 12.9. The van der Waals surface area contributed by atoms with E-state index in [-0.39, 0.29) is 11.3 Å². The van der Waals surface area contributed by atoms with E-state index in [1.54, 1.807) is 43.3 Å². The van der Waals surface area contributed by atoms with Crippen molar-refractivity contribution in [3.63, 3.8) is 0 Å². The smallest absolute Gasteiger partial charge is 0.267 e. The lowest BCUT2D eigenvalue weighted by Crippen LogP contribution is -2.42. The van der Waals surface area contributed by atoms with Gasteiger partial charge in [0.15, 0.2) is 5.69 Å². The van der Waals surface area contributed by atoms with Crippen molar-refractivity contribution in [2.45, 2.75) is 26.8 Å². The molecule has 0 unspecified atom stereocenters. The van der Waals surface area contributed by atoms with Gasteiger partial charge in [-0.05, 0) is 31.5 Å². The third-order valence-corrected chi connectivity index (χ3v) is 6.36. The molecule has 2 aromatic heterocycles. The first-order chi connectivity index (χ1) is 15.9. The Hall–Kier alpha value is -3.56. The minimum atomic E-state index is -0.621. The van der Waals surface area contributed by atoms with Gasteiger partial charge in [0.25, 0.3) is 17.4 Å². The van der Waals surface area contributed by atoms with Crippen LogP contribution in [0, 0.1) is 6.92 Å². The van der Waals surface area contributed by atoms with E-state index < -0.39 is 11.8 Å². The molecule has 4 rings (SSSR count). The lowest BCUT2D eigenvalue weighted by molar-refractivity contribution is 0.0845. The molecular weight excluding hydrogens is 462 g/mol. The minimum Gasteiger partial charge on any atom is -0.267 e. The molecule has 10 heteroatoms. The summed E-state index contributed by atoms with van der Waals surface area (Å²) in [7, 11) is 0. The third-order valence-electron chi connectivity index (χ3n) is 4.90. The van der Waals surface area contributed by atoms with Gasteiger partial charge >= 0.3 is 0 Å². The van der Waals surface area contributed by atoms with Crippen LogP contribution in [0.2, 0.25) is 5.02 Å². The Morgan fingerprint density at radius 3 is 2.39 bits per heavy atom. The summed E-state index contributed by atoms with van der Waals surface area (Å²) in [4.78, 5) is 43.0. The van der Waals surface area contributed by atoms with E-state index in [0.29, 0.717) is 44.3 Å². The first-order valence-electron chi connectivity index (χ1n) is 10.2. The quantitative estimate of drug-likeness (QED) is 0.419. The van der Waals surface area contributed by atoms with E-state index >= 15 is 0 Å². The highest BCUT2D eigenvalue weighted by Gasteiger charge is 2.20. The van der Waals surface area contributed by atoms with E-state index in [1.165, 1.54) is 16.0 Å². The first kappa shape index (κ1) is 22.6. The SMILES string of the molecule is CCCn1nc(C(=O)NNC(=O)c2sc(-c3ccc(Cl)cc3)nc2C)c2ccccc2c1=O. The van der Waals surface area contributed by atoms with Gasteiger partial charge in [-0.1, -0.05) is 48.9 Å². The predicted molar refractivity (Wildman–Crippen MR) is 129 cm³/mol. The third kappa shape index (κ3) is 4.64. The van der Waals surface area contributed by atoms with Crippen LogP contribution >= 0.6 is 22.9 Å². The number of nitrogens with one attached hydrogen (secondary N) is 2. The van der Waals surface area contributed by atoms with Crippen molar-refractivity contribution in [3.05, 3.63) is 80.2 Å². The number of amides is 2. The maximum atomic E-state index is 12.9. The number of aromatic nitrogens is 3. The minimum absolute atomic E-state index is 0.0572. The van der Waals surface area contributed by atoms with Gasteiger partial charge in [0, 0.05) is 22.5 Å². The van der Waals surface area contributed by atoms with Gasteiger partial charge in [-0.25, -0.2) is 9.67 Å².